The first-order chi connectivity index (χ1) is 8.47. The van der Waals surface area contributed by atoms with E-state index in [4.69, 9.17) is 5.11 Å². The number of fused-ring (bicyclic) bond motifs is 1. The second-order valence-corrected chi connectivity index (χ2v) is 5.94. The van der Waals surface area contributed by atoms with E-state index in [2.05, 4.69) is 0 Å². The SMILES string of the molecule is CCCS(=O)(=O)n1ccc2c(C(=O)O)cccc21. The lowest BCUT2D eigenvalue weighted by molar-refractivity contribution is 0.0699. The highest BCUT2D eigenvalue weighted by atomic mass is 32.2. The Morgan fingerprint density at radius 1 is 1.33 bits per heavy atom. The van der Waals surface area contributed by atoms with Crippen molar-refractivity contribution < 1.29 is 18.3 Å². The van der Waals surface area contributed by atoms with Crippen LogP contribution >= 0.6 is 0 Å². The maximum atomic E-state index is 12.0. The molecule has 0 aliphatic carbocycles. The molecule has 6 heteroatoms. The molecule has 0 amide bonds. The van der Waals surface area contributed by atoms with Crippen LogP contribution < -0.4 is 0 Å². The van der Waals surface area contributed by atoms with Gasteiger partial charge in [0, 0.05) is 11.6 Å². The fourth-order valence-corrected chi connectivity index (χ4v) is 3.35. The van der Waals surface area contributed by atoms with Crippen molar-refractivity contribution in [1.29, 1.82) is 0 Å². The highest BCUT2D eigenvalue weighted by Crippen LogP contribution is 2.22. The number of rotatable bonds is 4. The van der Waals surface area contributed by atoms with Gasteiger partial charge >= 0.3 is 5.97 Å². The van der Waals surface area contributed by atoms with Gasteiger partial charge in [-0.2, -0.15) is 0 Å². The quantitative estimate of drug-likeness (QED) is 0.918. The summed E-state index contributed by atoms with van der Waals surface area (Å²) in [5, 5.41) is 9.47. The lowest BCUT2D eigenvalue weighted by Gasteiger charge is -2.06. The van der Waals surface area contributed by atoms with E-state index in [1.807, 2.05) is 0 Å². The molecule has 1 N–H and O–H groups in total. The van der Waals surface area contributed by atoms with Crippen LogP contribution in [-0.2, 0) is 10.0 Å². The largest absolute Gasteiger partial charge is 0.478 e. The van der Waals surface area contributed by atoms with Crippen molar-refractivity contribution in [3.63, 3.8) is 0 Å². The molecule has 0 unspecified atom stereocenters. The van der Waals surface area contributed by atoms with Gasteiger partial charge in [0.1, 0.15) is 0 Å². The summed E-state index contributed by atoms with van der Waals surface area (Å²) in [4.78, 5) is 11.0. The zero-order valence-corrected chi connectivity index (χ0v) is 10.6. The van der Waals surface area contributed by atoms with Crippen LogP contribution in [0.25, 0.3) is 10.9 Å². The van der Waals surface area contributed by atoms with E-state index in [1.165, 1.54) is 18.3 Å². The molecule has 0 atom stereocenters. The van der Waals surface area contributed by atoms with Crippen LogP contribution in [0.4, 0.5) is 0 Å². The van der Waals surface area contributed by atoms with E-state index in [0.717, 1.165) is 3.97 Å². The van der Waals surface area contributed by atoms with Crippen molar-refractivity contribution in [2.24, 2.45) is 0 Å². The Morgan fingerprint density at radius 3 is 2.67 bits per heavy atom. The molecule has 96 valence electrons. The van der Waals surface area contributed by atoms with Gasteiger partial charge < -0.3 is 5.11 Å². The number of hydrogen-bond acceptors (Lipinski definition) is 3. The normalized spacial score (nSPS) is 11.8. The Hall–Kier alpha value is -1.82. The molecule has 1 aromatic carbocycles. The second-order valence-electron chi connectivity index (χ2n) is 3.97. The van der Waals surface area contributed by atoms with Crippen LogP contribution in [0.15, 0.2) is 30.5 Å². The molecule has 18 heavy (non-hydrogen) atoms. The maximum Gasteiger partial charge on any atom is 0.336 e. The molecule has 0 bridgehead atoms. The van der Waals surface area contributed by atoms with E-state index < -0.39 is 16.0 Å². The predicted octanol–water partition coefficient (Wildman–Crippen LogP) is 1.93. The Bertz CT molecular complexity index is 700. The number of carboxylic acid groups (broad SMARTS) is 1. The van der Waals surface area contributed by atoms with E-state index in [9.17, 15) is 13.2 Å². The van der Waals surface area contributed by atoms with Gasteiger partial charge in [-0.25, -0.2) is 17.2 Å². The molecule has 0 saturated carbocycles. The average molecular weight is 267 g/mol. The van der Waals surface area contributed by atoms with Crippen LogP contribution in [0.1, 0.15) is 23.7 Å². The zero-order valence-electron chi connectivity index (χ0n) is 9.83. The number of aromatic nitrogens is 1. The lowest BCUT2D eigenvalue weighted by atomic mass is 10.1. The number of carboxylic acids is 1. The first kappa shape index (κ1) is 12.6. The molecule has 0 aliphatic rings. The number of aromatic carboxylic acids is 1. The molecule has 0 spiro atoms. The van der Waals surface area contributed by atoms with Gasteiger partial charge in [-0.15, -0.1) is 0 Å². The van der Waals surface area contributed by atoms with Crippen molar-refractivity contribution in [1.82, 2.24) is 3.97 Å². The smallest absolute Gasteiger partial charge is 0.336 e. The van der Waals surface area contributed by atoms with E-state index in [0.29, 0.717) is 17.3 Å². The highest BCUT2D eigenvalue weighted by molar-refractivity contribution is 7.90. The van der Waals surface area contributed by atoms with Gasteiger partial charge in [0.2, 0.25) is 10.0 Å². The van der Waals surface area contributed by atoms with Crippen LogP contribution in [-0.4, -0.2) is 29.2 Å². The van der Waals surface area contributed by atoms with Gasteiger partial charge in [0.25, 0.3) is 0 Å². The first-order valence-electron chi connectivity index (χ1n) is 5.54. The minimum absolute atomic E-state index is 0.0358. The van der Waals surface area contributed by atoms with Crippen molar-refractivity contribution in [3.05, 3.63) is 36.0 Å². The maximum absolute atomic E-state index is 12.0. The summed E-state index contributed by atoms with van der Waals surface area (Å²) in [6.07, 6.45) is 1.92. The molecule has 0 aliphatic heterocycles. The van der Waals surface area contributed by atoms with E-state index in [-0.39, 0.29) is 11.3 Å². The summed E-state index contributed by atoms with van der Waals surface area (Å²) >= 11 is 0. The third-order valence-electron chi connectivity index (χ3n) is 2.69. The molecule has 2 rings (SSSR count). The lowest BCUT2D eigenvalue weighted by Crippen LogP contribution is -2.15. The van der Waals surface area contributed by atoms with Crippen LogP contribution in [0.2, 0.25) is 0 Å². The number of hydrogen-bond donors (Lipinski definition) is 1. The van der Waals surface area contributed by atoms with E-state index >= 15 is 0 Å². The van der Waals surface area contributed by atoms with Gasteiger partial charge in [0.15, 0.2) is 0 Å². The van der Waals surface area contributed by atoms with Gasteiger partial charge in [-0.1, -0.05) is 13.0 Å². The summed E-state index contributed by atoms with van der Waals surface area (Å²) in [7, 11) is -3.41. The van der Waals surface area contributed by atoms with Crippen LogP contribution in [0.3, 0.4) is 0 Å². The molecule has 5 nitrogen and oxygen atoms in total. The molecule has 2 aromatic rings. The summed E-state index contributed by atoms with van der Waals surface area (Å²) in [5.74, 6) is -1.03. The molecule has 1 heterocycles. The molecular formula is C12H13NO4S. The van der Waals surface area contributed by atoms with Crippen molar-refractivity contribution in [3.8, 4) is 0 Å². The third-order valence-corrected chi connectivity index (χ3v) is 4.53. The first-order valence-corrected chi connectivity index (χ1v) is 7.15. The van der Waals surface area contributed by atoms with Crippen LogP contribution in [0, 0.1) is 0 Å². The molecule has 0 radical (unpaired) electrons. The summed E-state index contributed by atoms with van der Waals surface area (Å²) in [6.45, 7) is 1.78. The van der Waals surface area contributed by atoms with E-state index in [1.54, 1.807) is 19.1 Å². The molecule has 0 saturated heterocycles. The summed E-state index contributed by atoms with van der Waals surface area (Å²) in [5.41, 5.74) is 0.515. The second kappa shape index (κ2) is 4.45. The standard InChI is InChI=1S/C12H13NO4S/c1-2-8-18(16,17)13-7-6-9-10(12(14)15)4-3-5-11(9)13/h3-7H,2,8H2,1H3,(H,14,15). The highest BCUT2D eigenvalue weighted by Gasteiger charge is 2.17. The van der Waals surface area contributed by atoms with Crippen molar-refractivity contribution in [2.45, 2.75) is 13.3 Å². The topological polar surface area (TPSA) is 76.4 Å². The van der Waals surface area contributed by atoms with Gasteiger partial charge in [-0.05, 0) is 24.6 Å². The number of nitrogens with zero attached hydrogens (tertiary/aromatic N) is 1. The Kier molecular flexibility index (Phi) is 3.13. The van der Waals surface area contributed by atoms with Gasteiger partial charge in [0.05, 0.1) is 16.8 Å². The number of carbonyl (C=O) groups is 1. The Morgan fingerprint density at radius 2 is 2.06 bits per heavy atom. The zero-order chi connectivity index (χ0) is 13.3. The van der Waals surface area contributed by atoms with Crippen LogP contribution in [0.5, 0.6) is 0 Å². The van der Waals surface area contributed by atoms with Gasteiger partial charge in [-0.3, -0.25) is 0 Å². The molecule has 1 aromatic heterocycles. The summed E-state index contributed by atoms with van der Waals surface area (Å²) < 4.78 is 25.2. The number of benzene rings is 1. The Labute approximate surface area is 105 Å². The molecule has 0 fully saturated rings. The minimum Gasteiger partial charge on any atom is -0.478 e. The van der Waals surface area contributed by atoms with Crippen molar-refractivity contribution >= 4 is 26.9 Å². The fraction of sp³-hybridized carbons (Fsp3) is 0.250. The molecular weight excluding hydrogens is 254 g/mol. The minimum atomic E-state index is -3.41. The third kappa shape index (κ3) is 1.99. The summed E-state index contributed by atoms with van der Waals surface area (Å²) in [6, 6.07) is 6.13. The fourth-order valence-electron chi connectivity index (χ4n) is 1.93. The predicted molar refractivity (Wildman–Crippen MR) is 68.4 cm³/mol. The Balaban J connectivity index is 2.70. The van der Waals surface area contributed by atoms with Crippen molar-refractivity contribution in [2.75, 3.05) is 5.75 Å². The average Bonchev–Trinajstić information content (AvgIpc) is 2.72. The monoisotopic (exact) mass is 267 g/mol.